The molecule has 36 heavy (non-hydrogen) atoms. The van der Waals surface area contributed by atoms with Gasteiger partial charge < -0.3 is 5.73 Å². The Morgan fingerprint density at radius 1 is 0.833 bits per heavy atom. The molecule has 0 aliphatic carbocycles. The highest BCUT2D eigenvalue weighted by Gasteiger charge is 2.37. The molecule has 0 unspecified atom stereocenters. The highest BCUT2D eigenvalue weighted by atomic mass is 19.4. The molecule has 0 aliphatic heterocycles. The van der Waals surface area contributed by atoms with Crippen molar-refractivity contribution in [2.45, 2.75) is 12.4 Å². The Morgan fingerprint density at radius 2 is 1.36 bits per heavy atom. The Labute approximate surface area is 198 Å². The summed E-state index contributed by atoms with van der Waals surface area (Å²) >= 11 is 0. The molecule has 1 amide bonds. The number of hydrogen-bond donors (Lipinski definition) is 1. The van der Waals surface area contributed by atoms with Gasteiger partial charge in [-0.1, -0.05) is 36.4 Å². The van der Waals surface area contributed by atoms with Gasteiger partial charge in [0.15, 0.2) is 11.6 Å². The van der Waals surface area contributed by atoms with Crippen LogP contribution in [0, 0.1) is 0 Å². The van der Waals surface area contributed by atoms with Crippen LogP contribution in [0.3, 0.4) is 0 Å². The number of amides is 1. The fourth-order valence-electron chi connectivity index (χ4n) is 3.40. The summed E-state index contributed by atoms with van der Waals surface area (Å²) in [6, 6.07) is 8.69. The molecule has 0 saturated carbocycles. The van der Waals surface area contributed by atoms with E-state index in [9.17, 15) is 31.1 Å². The molecular weight excluding hydrogens is 490 g/mol. The average molecular weight is 504 g/mol. The smallest absolute Gasteiger partial charge is 0.366 e. The lowest BCUT2D eigenvalue weighted by atomic mass is 10.1. The molecule has 4 rings (SSSR count). The molecule has 0 fully saturated rings. The molecule has 2 N–H and O–H groups in total. The summed E-state index contributed by atoms with van der Waals surface area (Å²) in [7, 11) is 0. The second-order valence-electron chi connectivity index (χ2n) is 7.32. The maximum absolute atomic E-state index is 13.8. The fourth-order valence-corrected chi connectivity index (χ4v) is 3.40. The quantitative estimate of drug-likeness (QED) is 0.307. The van der Waals surface area contributed by atoms with E-state index in [-0.39, 0.29) is 11.1 Å². The molecule has 4 aromatic rings. The predicted molar refractivity (Wildman–Crippen MR) is 116 cm³/mol. The molecule has 7 nitrogen and oxygen atoms in total. The zero-order valence-electron chi connectivity index (χ0n) is 17.9. The third kappa shape index (κ3) is 4.94. The molecule has 0 aliphatic rings. The number of nitrogens with two attached hydrogens (primary N) is 1. The monoisotopic (exact) mass is 504 g/mol. The van der Waals surface area contributed by atoms with Crippen LogP contribution in [0.1, 0.15) is 16.7 Å². The van der Waals surface area contributed by atoms with Crippen LogP contribution in [0.4, 0.5) is 26.3 Å². The van der Waals surface area contributed by atoms with Crippen LogP contribution in [0.25, 0.3) is 34.5 Å². The Bertz CT molecular complexity index is 1440. The third-order valence-electron chi connectivity index (χ3n) is 4.97. The molecule has 0 atom stereocenters. The van der Waals surface area contributed by atoms with Crippen molar-refractivity contribution in [2.75, 3.05) is 0 Å². The molecule has 13 heteroatoms. The standard InChI is InChI=1S/C23H14F6N6O/c24-22(25,26)17-7-3-1-5-14(17)20-33-21(15-6-2-4-8-18(15)23(27,28)29)35(34-20)11-16(19(30)36)13-9-31-12-32-10-13/h1-12H,(H2,30,36)/b16-11+. The van der Waals surface area contributed by atoms with E-state index in [0.29, 0.717) is 0 Å². The second kappa shape index (κ2) is 9.24. The molecule has 184 valence electrons. The van der Waals surface area contributed by atoms with Crippen LogP contribution in [0.15, 0.2) is 67.3 Å². The first kappa shape index (κ1) is 24.6. The maximum Gasteiger partial charge on any atom is 0.417 e. The number of nitrogens with zero attached hydrogens (tertiary/aromatic N) is 5. The summed E-state index contributed by atoms with van der Waals surface area (Å²) in [6.07, 6.45) is -5.01. The molecule has 2 heterocycles. The van der Waals surface area contributed by atoms with E-state index in [1.54, 1.807) is 0 Å². The lowest BCUT2D eigenvalue weighted by Gasteiger charge is -2.12. The Morgan fingerprint density at radius 3 is 1.92 bits per heavy atom. The SMILES string of the molecule is NC(=O)/C(=C/n1nc(-c2ccccc2C(F)(F)F)nc1-c1ccccc1C(F)(F)F)c1cncnc1. The van der Waals surface area contributed by atoms with E-state index in [1.807, 2.05) is 0 Å². The number of hydrogen-bond acceptors (Lipinski definition) is 5. The third-order valence-corrected chi connectivity index (χ3v) is 4.97. The largest absolute Gasteiger partial charge is 0.417 e. The van der Waals surface area contributed by atoms with Crippen molar-refractivity contribution in [3.8, 4) is 22.8 Å². The van der Waals surface area contributed by atoms with Crippen LogP contribution in [-0.2, 0) is 17.1 Å². The summed E-state index contributed by atoms with van der Waals surface area (Å²) in [5.41, 5.74) is 2.16. The van der Waals surface area contributed by atoms with Gasteiger partial charge in [-0.15, -0.1) is 5.10 Å². The first-order chi connectivity index (χ1) is 17.0. The number of halogens is 6. The van der Waals surface area contributed by atoms with Gasteiger partial charge in [0.2, 0.25) is 0 Å². The highest BCUT2D eigenvalue weighted by Crippen LogP contribution is 2.39. The van der Waals surface area contributed by atoms with Crippen LogP contribution in [0.5, 0.6) is 0 Å². The van der Waals surface area contributed by atoms with E-state index >= 15 is 0 Å². The normalized spacial score (nSPS) is 12.6. The lowest BCUT2D eigenvalue weighted by Crippen LogP contribution is -2.15. The van der Waals surface area contributed by atoms with Crippen LogP contribution in [-0.4, -0.2) is 30.6 Å². The van der Waals surface area contributed by atoms with Gasteiger partial charge in [-0.2, -0.15) is 26.3 Å². The molecule has 0 radical (unpaired) electrons. The Kier molecular flexibility index (Phi) is 6.31. The Balaban J connectivity index is 2.02. The minimum atomic E-state index is -4.82. The fraction of sp³-hybridized carbons (Fsp3) is 0.0870. The zero-order valence-corrected chi connectivity index (χ0v) is 17.9. The van der Waals surface area contributed by atoms with Crippen LogP contribution in [0.2, 0.25) is 0 Å². The topological polar surface area (TPSA) is 99.6 Å². The minimum absolute atomic E-state index is 0.104. The van der Waals surface area contributed by atoms with Gasteiger partial charge in [0, 0.05) is 35.3 Å². The number of benzene rings is 2. The van der Waals surface area contributed by atoms with Gasteiger partial charge in [0.25, 0.3) is 5.91 Å². The van der Waals surface area contributed by atoms with Crippen molar-refractivity contribution < 1.29 is 31.1 Å². The van der Waals surface area contributed by atoms with Gasteiger partial charge in [0.1, 0.15) is 6.33 Å². The second-order valence-corrected chi connectivity index (χ2v) is 7.32. The summed E-state index contributed by atoms with van der Waals surface area (Å²) in [5.74, 6) is -1.99. The van der Waals surface area contributed by atoms with Crippen molar-refractivity contribution in [2.24, 2.45) is 5.73 Å². The van der Waals surface area contributed by atoms with Gasteiger partial charge in [-0.3, -0.25) is 4.79 Å². The van der Waals surface area contributed by atoms with Gasteiger partial charge >= 0.3 is 12.4 Å². The average Bonchev–Trinajstić information content (AvgIpc) is 3.25. The van der Waals surface area contributed by atoms with E-state index in [4.69, 9.17) is 5.73 Å². The van der Waals surface area contributed by atoms with Crippen molar-refractivity contribution in [1.82, 2.24) is 24.7 Å². The van der Waals surface area contributed by atoms with Gasteiger partial charge in [0.05, 0.1) is 16.7 Å². The van der Waals surface area contributed by atoms with E-state index in [2.05, 4.69) is 20.1 Å². The predicted octanol–water partition coefficient (Wildman–Crippen LogP) is 4.92. The number of primary amides is 1. The summed E-state index contributed by atoms with van der Waals surface area (Å²) in [6.45, 7) is 0. The van der Waals surface area contributed by atoms with E-state index < -0.39 is 52.2 Å². The first-order valence-corrected chi connectivity index (χ1v) is 10.0. The van der Waals surface area contributed by atoms with Crippen molar-refractivity contribution in [3.05, 3.63) is 83.9 Å². The number of rotatable bonds is 5. The van der Waals surface area contributed by atoms with Gasteiger partial charge in [-0.05, 0) is 12.1 Å². The van der Waals surface area contributed by atoms with E-state index in [1.165, 1.54) is 30.9 Å². The van der Waals surface area contributed by atoms with Crippen LogP contribution >= 0.6 is 0 Å². The van der Waals surface area contributed by atoms with Gasteiger partial charge in [-0.25, -0.2) is 19.6 Å². The molecule has 0 saturated heterocycles. The number of carbonyl (C=O) groups excluding carboxylic acids is 1. The zero-order chi connectivity index (χ0) is 26.1. The van der Waals surface area contributed by atoms with Crippen molar-refractivity contribution >= 4 is 17.7 Å². The van der Waals surface area contributed by atoms with Crippen molar-refractivity contribution in [1.29, 1.82) is 0 Å². The molecule has 2 aromatic heterocycles. The summed E-state index contributed by atoms with van der Waals surface area (Å²) in [4.78, 5) is 23.7. The highest BCUT2D eigenvalue weighted by molar-refractivity contribution is 6.22. The molecule has 0 spiro atoms. The van der Waals surface area contributed by atoms with Crippen LogP contribution < -0.4 is 5.73 Å². The number of carbonyl (C=O) groups is 1. The first-order valence-electron chi connectivity index (χ1n) is 10.0. The molecule has 0 bridgehead atoms. The maximum atomic E-state index is 13.8. The summed E-state index contributed by atoms with van der Waals surface area (Å²) < 4.78 is 82.9. The number of alkyl halides is 6. The summed E-state index contributed by atoms with van der Waals surface area (Å²) in [5, 5.41) is 4.02. The van der Waals surface area contributed by atoms with Crippen molar-refractivity contribution in [3.63, 3.8) is 0 Å². The van der Waals surface area contributed by atoms with E-state index in [0.717, 1.165) is 47.3 Å². The number of aromatic nitrogens is 5. The lowest BCUT2D eigenvalue weighted by molar-refractivity contribution is -0.137. The molecular formula is C23H14F6N6O. The minimum Gasteiger partial charge on any atom is -0.366 e. The molecule has 2 aromatic carbocycles. The Hall–Kier alpha value is -4.55.